The van der Waals surface area contributed by atoms with Gasteiger partial charge in [-0.1, -0.05) is 29.5 Å². The molecule has 0 saturated carbocycles. The van der Waals surface area contributed by atoms with Crippen LogP contribution in [0.15, 0.2) is 54.7 Å². The zero-order valence-corrected chi connectivity index (χ0v) is 13.1. The molecular weight excluding hydrogens is 306 g/mol. The topological polar surface area (TPSA) is 95.1 Å². The summed E-state index contributed by atoms with van der Waals surface area (Å²) in [5.41, 5.74) is 8.11. The van der Waals surface area contributed by atoms with Gasteiger partial charge >= 0.3 is 0 Å². The number of hydrogen-bond donors (Lipinski definition) is 2. The molecule has 0 fully saturated rings. The number of aromatic nitrogens is 3. The lowest BCUT2D eigenvalue weighted by atomic mass is 10.2. The molecule has 0 aliphatic carbocycles. The average molecular weight is 323 g/mol. The van der Waals surface area contributed by atoms with Gasteiger partial charge in [-0.3, -0.25) is 4.79 Å². The van der Waals surface area contributed by atoms with Crippen molar-refractivity contribution >= 4 is 17.3 Å². The molecule has 0 aliphatic heterocycles. The molecule has 7 nitrogen and oxygen atoms in total. The molecule has 0 saturated heterocycles. The van der Waals surface area contributed by atoms with E-state index in [1.165, 1.54) is 0 Å². The number of para-hydroxylation sites is 2. The Bertz CT molecular complexity index is 842. The van der Waals surface area contributed by atoms with Gasteiger partial charge in [-0.25, -0.2) is 4.68 Å². The van der Waals surface area contributed by atoms with Gasteiger partial charge in [-0.2, -0.15) is 0 Å². The van der Waals surface area contributed by atoms with Crippen molar-refractivity contribution < 1.29 is 9.53 Å². The Balaban J connectivity index is 1.68. The van der Waals surface area contributed by atoms with Gasteiger partial charge in [0, 0.05) is 0 Å². The summed E-state index contributed by atoms with van der Waals surface area (Å²) in [5, 5.41) is 10.6. The molecule has 24 heavy (non-hydrogen) atoms. The van der Waals surface area contributed by atoms with Crippen LogP contribution in [0, 0.1) is 0 Å². The van der Waals surface area contributed by atoms with Gasteiger partial charge in [-0.15, -0.1) is 5.10 Å². The normalized spacial score (nSPS) is 10.4. The average Bonchev–Trinajstić information content (AvgIpc) is 3.06. The maximum absolute atomic E-state index is 12.2. The van der Waals surface area contributed by atoms with E-state index in [1.807, 2.05) is 24.3 Å². The predicted octanol–water partition coefficient (Wildman–Crippen LogP) is 2.17. The van der Waals surface area contributed by atoms with Crippen LogP contribution in [0.25, 0.3) is 0 Å². The largest absolute Gasteiger partial charge is 0.497 e. The standard InChI is InChI=1S/C17H17N5O2/c1-24-13-8-6-12(7-9-13)10-22-11-16(20-21-22)17(23)19-15-5-3-2-4-14(15)18/h2-9,11H,10,18H2,1H3,(H,19,23). The fraction of sp³-hybridized carbons (Fsp3) is 0.118. The quantitative estimate of drug-likeness (QED) is 0.702. The number of nitrogens with two attached hydrogens (primary N) is 1. The molecule has 1 amide bonds. The van der Waals surface area contributed by atoms with Gasteiger partial charge in [0.25, 0.3) is 5.91 Å². The molecule has 3 rings (SSSR count). The Hall–Kier alpha value is -3.35. The number of nitrogen functional groups attached to an aromatic ring is 1. The van der Waals surface area contributed by atoms with Gasteiger partial charge in [0.1, 0.15) is 5.75 Å². The van der Waals surface area contributed by atoms with Gasteiger partial charge < -0.3 is 15.8 Å². The first kappa shape index (κ1) is 15.5. The third-order valence-electron chi connectivity index (χ3n) is 3.48. The Morgan fingerprint density at radius 1 is 1.21 bits per heavy atom. The first-order valence-electron chi connectivity index (χ1n) is 7.34. The van der Waals surface area contributed by atoms with Crippen molar-refractivity contribution in [1.82, 2.24) is 15.0 Å². The minimum absolute atomic E-state index is 0.228. The second-order valence-corrected chi connectivity index (χ2v) is 5.19. The lowest BCUT2D eigenvalue weighted by Gasteiger charge is -2.05. The molecule has 1 heterocycles. The highest BCUT2D eigenvalue weighted by atomic mass is 16.5. The fourth-order valence-electron chi connectivity index (χ4n) is 2.19. The smallest absolute Gasteiger partial charge is 0.277 e. The van der Waals surface area contributed by atoms with Crippen LogP contribution in [0.3, 0.4) is 0 Å². The van der Waals surface area contributed by atoms with Crippen molar-refractivity contribution in [2.24, 2.45) is 0 Å². The number of anilines is 2. The molecule has 2 aromatic carbocycles. The zero-order valence-electron chi connectivity index (χ0n) is 13.1. The van der Waals surface area contributed by atoms with E-state index in [2.05, 4.69) is 15.6 Å². The predicted molar refractivity (Wildman–Crippen MR) is 90.9 cm³/mol. The van der Waals surface area contributed by atoms with Crippen molar-refractivity contribution in [2.45, 2.75) is 6.54 Å². The zero-order chi connectivity index (χ0) is 16.9. The van der Waals surface area contributed by atoms with E-state index in [4.69, 9.17) is 10.5 Å². The number of benzene rings is 2. The second-order valence-electron chi connectivity index (χ2n) is 5.19. The van der Waals surface area contributed by atoms with Crippen molar-refractivity contribution in [1.29, 1.82) is 0 Å². The van der Waals surface area contributed by atoms with Gasteiger partial charge in [0.2, 0.25) is 0 Å². The number of carbonyl (C=O) groups excluding carboxylic acids is 1. The molecule has 0 unspecified atom stereocenters. The van der Waals surface area contributed by atoms with E-state index in [-0.39, 0.29) is 11.6 Å². The maximum Gasteiger partial charge on any atom is 0.277 e. The third kappa shape index (κ3) is 3.52. The summed E-state index contributed by atoms with van der Waals surface area (Å²) in [6.07, 6.45) is 1.60. The van der Waals surface area contributed by atoms with Crippen LogP contribution in [0.1, 0.15) is 16.1 Å². The number of amides is 1. The number of nitrogens with zero attached hydrogens (tertiary/aromatic N) is 3. The van der Waals surface area contributed by atoms with Crippen molar-refractivity contribution in [3.8, 4) is 5.75 Å². The van der Waals surface area contributed by atoms with E-state index in [1.54, 1.807) is 42.3 Å². The van der Waals surface area contributed by atoms with Crippen molar-refractivity contribution in [2.75, 3.05) is 18.2 Å². The first-order valence-corrected chi connectivity index (χ1v) is 7.34. The summed E-state index contributed by atoms with van der Waals surface area (Å²) in [5.74, 6) is 0.437. The molecule has 0 spiro atoms. The second kappa shape index (κ2) is 6.82. The third-order valence-corrected chi connectivity index (χ3v) is 3.48. The van der Waals surface area contributed by atoms with Crippen LogP contribution in [0.2, 0.25) is 0 Å². The number of hydrogen-bond acceptors (Lipinski definition) is 5. The highest BCUT2D eigenvalue weighted by Crippen LogP contribution is 2.17. The molecule has 0 aliphatic rings. The highest BCUT2D eigenvalue weighted by molar-refractivity contribution is 6.04. The molecular formula is C17H17N5O2. The molecule has 1 aromatic heterocycles. The molecule has 3 aromatic rings. The van der Waals surface area contributed by atoms with Crippen LogP contribution in [0.4, 0.5) is 11.4 Å². The monoisotopic (exact) mass is 323 g/mol. The Kier molecular flexibility index (Phi) is 4.42. The number of rotatable bonds is 5. The summed E-state index contributed by atoms with van der Waals surface area (Å²) >= 11 is 0. The van der Waals surface area contributed by atoms with E-state index >= 15 is 0 Å². The summed E-state index contributed by atoms with van der Waals surface area (Å²) in [4.78, 5) is 12.2. The van der Waals surface area contributed by atoms with Crippen LogP contribution in [-0.2, 0) is 6.54 Å². The molecule has 0 radical (unpaired) electrons. The number of nitrogens with one attached hydrogen (secondary N) is 1. The van der Waals surface area contributed by atoms with Crippen LogP contribution < -0.4 is 15.8 Å². The Labute approximate surface area is 139 Å². The Morgan fingerprint density at radius 2 is 1.96 bits per heavy atom. The van der Waals surface area contributed by atoms with Gasteiger partial charge in [-0.05, 0) is 29.8 Å². The highest BCUT2D eigenvalue weighted by Gasteiger charge is 2.12. The van der Waals surface area contributed by atoms with E-state index in [9.17, 15) is 4.79 Å². The van der Waals surface area contributed by atoms with E-state index in [0.717, 1.165) is 11.3 Å². The molecule has 0 atom stereocenters. The summed E-state index contributed by atoms with van der Waals surface area (Å²) in [7, 11) is 1.62. The number of carbonyl (C=O) groups is 1. The summed E-state index contributed by atoms with van der Waals surface area (Å²) < 4.78 is 6.73. The van der Waals surface area contributed by atoms with Crippen LogP contribution >= 0.6 is 0 Å². The first-order chi connectivity index (χ1) is 11.7. The van der Waals surface area contributed by atoms with Crippen LogP contribution in [0.5, 0.6) is 5.75 Å². The maximum atomic E-state index is 12.2. The lowest BCUT2D eigenvalue weighted by Crippen LogP contribution is -2.13. The SMILES string of the molecule is COc1ccc(Cn2cc(C(=O)Nc3ccccc3N)nn2)cc1. The number of ether oxygens (including phenoxy) is 1. The number of methoxy groups -OCH3 is 1. The Morgan fingerprint density at radius 3 is 2.67 bits per heavy atom. The van der Waals surface area contributed by atoms with Gasteiger partial charge in [0.15, 0.2) is 5.69 Å². The van der Waals surface area contributed by atoms with Crippen LogP contribution in [-0.4, -0.2) is 28.0 Å². The van der Waals surface area contributed by atoms with Crippen molar-refractivity contribution in [3.63, 3.8) is 0 Å². The summed E-state index contributed by atoms with van der Waals surface area (Å²) in [6.45, 7) is 0.512. The van der Waals surface area contributed by atoms with Crippen molar-refractivity contribution in [3.05, 3.63) is 66.0 Å². The summed E-state index contributed by atoms with van der Waals surface area (Å²) in [6, 6.07) is 14.7. The van der Waals surface area contributed by atoms with E-state index < -0.39 is 0 Å². The molecule has 0 bridgehead atoms. The lowest BCUT2D eigenvalue weighted by molar-refractivity contribution is 0.102. The fourth-order valence-corrected chi connectivity index (χ4v) is 2.19. The van der Waals surface area contributed by atoms with E-state index in [0.29, 0.717) is 17.9 Å². The minimum Gasteiger partial charge on any atom is -0.497 e. The minimum atomic E-state index is -0.353. The molecule has 3 N–H and O–H groups in total. The van der Waals surface area contributed by atoms with Gasteiger partial charge in [0.05, 0.1) is 31.2 Å². The molecule has 7 heteroatoms. The molecule has 122 valence electrons.